The van der Waals surface area contributed by atoms with E-state index in [1.54, 1.807) is 7.11 Å². The van der Waals surface area contributed by atoms with Crippen LogP contribution in [0.3, 0.4) is 0 Å². The summed E-state index contributed by atoms with van der Waals surface area (Å²) in [5.41, 5.74) is -0.148. The molecule has 0 radical (unpaired) electrons. The Morgan fingerprint density at radius 1 is 1.44 bits per heavy atom. The molecule has 0 aliphatic heterocycles. The van der Waals surface area contributed by atoms with Crippen LogP contribution in [0.5, 0.6) is 0 Å². The van der Waals surface area contributed by atoms with E-state index in [-0.39, 0.29) is 11.5 Å². The molecule has 4 heteroatoms. The summed E-state index contributed by atoms with van der Waals surface area (Å²) in [6, 6.07) is 0.321. The predicted octanol–water partition coefficient (Wildman–Crippen LogP) is 2.38. The van der Waals surface area contributed by atoms with Crippen LogP contribution >= 0.6 is 15.9 Å². The Labute approximate surface area is 105 Å². The van der Waals surface area contributed by atoms with Gasteiger partial charge in [-0.2, -0.15) is 0 Å². The monoisotopic (exact) mass is 289 g/mol. The van der Waals surface area contributed by atoms with Gasteiger partial charge in [-0.25, -0.2) is 0 Å². The zero-order valence-corrected chi connectivity index (χ0v) is 11.4. The lowest BCUT2D eigenvalue weighted by atomic mass is 9.77. The first kappa shape index (κ1) is 12.4. The van der Waals surface area contributed by atoms with Crippen molar-refractivity contribution in [1.29, 1.82) is 0 Å². The van der Waals surface area contributed by atoms with Gasteiger partial charge in [0.05, 0.1) is 12.0 Å². The van der Waals surface area contributed by atoms with Gasteiger partial charge < -0.3 is 10.1 Å². The van der Waals surface area contributed by atoms with Crippen molar-refractivity contribution >= 4 is 21.8 Å². The third-order valence-electron chi connectivity index (χ3n) is 3.96. The Morgan fingerprint density at radius 2 is 2.19 bits per heavy atom. The van der Waals surface area contributed by atoms with E-state index in [1.165, 1.54) is 19.3 Å². The Hall–Kier alpha value is -0.0900. The smallest absolute Gasteiger partial charge is 0.223 e. The number of alkyl halides is 1. The molecule has 0 spiro atoms. The first-order chi connectivity index (χ1) is 7.65. The van der Waals surface area contributed by atoms with Crippen molar-refractivity contribution in [2.75, 3.05) is 7.11 Å². The lowest BCUT2D eigenvalue weighted by molar-refractivity contribution is -0.134. The van der Waals surface area contributed by atoms with E-state index in [0.717, 1.165) is 19.3 Å². The Bertz CT molecular complexity index is 260. The minimum atomic E-state index is -0.148. The molecule has 2 atom stereocenters. The summed E-state index contributed by atoms with van der Waals surface area (Å²) in [6.07, 6.45) is 7.24. The molecule has 3 nitrogen and oxygen atoms in total. The Morgan fingerprint density at radius 3 is 2.62 bits per heavy atom. The second-order valence-corrected chi connectivity index (χ2v) is 6.21. The van der Waals surface area contributed by atoms with E-state index in [1.807, 2.05) is 0 Å². The number of carbonyl (C=O) groups is 1. The highest BCUT2D eigenvalue weighted by Gasteiger charge is 2.39. The van der Waals surface area contributed by atoms with Crippen LogP contribution in [0.15, 0.2) is 0 Å². The maximum Gasteiger partial charge on any atom is 0.223 e. The summed E-state index contributed by atoms with van der Waals surface area (Å²) in [5, 5.41) is 3.12. The fourth-order valence-electron chi connectivity index (χ4n) is 2.65. The molecule has 0 bridgehead atoms. The molecule has 16 heavy (non-hydrogen) atoms. The number of hydrogen-bond acceptors (Lipinski definition) is 2. The summed E-state index contributed by atoms with van der Waals surface area (Å²) >= 11 is 3.61. The molecule has 0 aromatic rings. The normalized spacial score (nSPS) is 32.1. The Kier molecular flexibility index (Phi) is 3.90. The maximum absolute atomic E-state index is 11.9. The molecule has 2 fully saturated rings. The molecule has 0 heterocycles. The number of methoxy groups -OCH3 is 1. The van der Waals surface area contributed by atoms with Gasteiger partial charge in [0.2, 0.25) is 5.91 Å². The van der Waals surface area contributed by atoms with Crippen molar-refractivity contribution in [3.8, 4) is 0 Å². The highest BCUT2D eigenvalue weighted by molar-refractivity contribution is 9.09. The van der Waals surface area contributed by atoms with E-state index in [0.29, 0.717) is 17.3 Å². The number of nitrogens with one attached hydrogen (secondary N) is 1. The molecule has 1 N–H and O–H groups in total. The summed E-state index contributed by atoms with van der Waals surface area (Å²) in [4.78, 5) is 12.4. The molecular weight excluding hydrogens is 270 g/mol. The van der Waals surface area contributed by atoms with Crippen LogP contribution in [0, 0.1) is 0 Å². The average Bonchev–Trinajstić information content (AvgIpc) is 2.58. The molecule has 0 saturated heterocycles. The minimum Gasteiger partial charge on any atom is -0.378 e. The fourth-order valence-corrected chi connectivity index (χ4v) is 3.37. The predicted molar refractivity (Wildman–Crippen MR) is 66.7 cm³/mol. The number of halogens is 1. The quantitative estimate of drug-likeness (QED) is 0.807. The Balaban J connectivity index is 1.79. The van der Waals surface area contributed by atoms with Crippen LogP contribution < -0.4 is 5.32 Å². The second-order valence-electron chi connectivity index (χ2n) is 5.04. The van der Waals surface area contributed by atoms with Crippen LogP contribution in [-0.4, -0.2) is 29.5 Å². The van der Waals surface area contributed by atoms with Gasteiger partial charge in [-0.3, -0.25) is 4.79 Å². The van der Waals surface area contributed by atoms with Crippen molar-refractivity contribution in [1.82, 2.24) is 5.32 Å². The highest BCUT2D eigenvalue weighted by atomic mass is 79.9. The van der Waals surface area contributed by atoms with Crippen LogP contribution in [-0.2, 0) is 9.53 Å². The van der Waals surface area contributed by atoms with Crippen LogP contribution in [0.25, 0.3) is 0 Å². The summed E-state index contributed by atoms with van der Waals surface area (Å²) in [5.74, 6) is 0.151. The molecule has 2 unspecified atom stereocenters. The van der Waals surface area contributed by atoms with Crippen LogP contribution in [0.2, 0.25) is 0 Å². The zero-order chi connectivity index (χ0) is 11.6. The van der Waals surface area contributed by atoms with E-state index in [2.05, 4.69) is 21.2 Å². The minimum absolute atomic E-state index is 0.148. The molecule has 0 aromatic heterocycles. The standard InChI is InChI=1S/C12H20BrNO2/c1-16-12(6-3-7-12)8-11(15)14-10-5-2-4-9(10)13/h9-10H,2-8H2,1H3,(H,14,15). The van der Waals surface area contributed by atoms with Crippen molar-refractivity contribution < 1.29 is 9.53 Å². The van der Waals surface area contributed by atoms with E-state index < -0.39 is 0 Å². The highest BCUT2D eigenvalue weighted by Crippen LogP contribution is 2.38. The molecule has 0 aromatic carbocycles. The first-order valence-electron chi connectivity index (χ1n) is 6.14. The summed E-state index contributed by atoms with van der Waals surface area (Å²) in [6.45, 7) is 0. The van der Waals surface area contributed by atoms with Crippen molar-refractivity contribution in [3.05, 3.63) is 0 Å². The number of amides is 1. The van der Waals surface area contributed by atoms with Gasteiger partial charge in [0.1, 0.15) is 0 Å². The van der Waals surface area contributed by atoms with Crippen molar-refractivity contribution in [2.45, 2.75) is 61.4 Å². The molecule has 2 saturated carbocycles. The zero-order valence-electron chi connectivity index (χ0n) is 9.80. The van der Waals surface area contributed by atoms with E-state index >= 15 is 0 Å². The molecule has 2 rings (SSSR count). The van der Waals surface area contributed by atoms with Gasteiger partial charge in [-0.1, -0.05) is 22.4 Å². The van der Waals surface area contributed by atoms with Gasteiger partial charge in [0, 0.05) is 18.0 Å². The lowest BCUT2D eigenvalue weighted by Gasteiger charge is -2.40. The molecular formula is C12H20BrNO2. The van der Waals surface area contributed by atoms with Crippen molar-refractivity contribution in [2.24, 2.45) is 0 Å². The van der Waals surface area contributed by atoms with Gasteiger partial charge in [-0.15, -0.1) is 0 Å². The number of ether oxygens (including phenoxy) is 1. The third-order valence-corrected chi connectivity index (χ3v) is 5.05. The van der Waals surface area contributed by atoms with E-state index in [9.17, 15) is 4.79 Å². The first-order valence-corrected chi connectivity index (χ1v) is 7.05. The lowest BCUT2D eigenvalue weighted by Crippen LogP contribution is -2.46. The molecule has 92 valence electrons. The van der Waals surface area contributed by atoms with Gasteiger partial charge in [-0.05, 0) is 32.1 Å². The number of rotatable bonds is 4. The van der Waals surface area contributed by atoms with E-state index in [4.69, 9.17) is 4.74 Å². The summed E-state index contributed by atoms with van der Waals surface area (Å²) < 4.78 is 5.46. The SMILES string of the molecule is COC1(CC(=O)NC2CCCC2Br)CCC1. The maximum atomic E-state index is 11.9. The van der Waals surface area contributed by atoms with Crippen LogP contribution in [0.1, 0.15) is 44.9 Å². The largest absolute Gasteiger partial charge is 0.378 e. The molecule has 1 amide bonds. The number of hydrogen-bond donors (Lipinski definition) is 1. The van der Waals surface area contributed by atoms with Crippen LogP contribution in [0.4, 0.5) is 0 Å². The average molecular weight is 290 g/mol. The van der Waals surface area contributed by atoms with Gasteiger partial charge in [0.25, 0.3) is 0 Å². The van der Waals surface area contributed by atoms with Gasteiger partial charge >= 0.3 is 0 Å². The molecule has 2 aliphatic rings. The topological polar surface area (TPSA) is 38.3 Å². The third kappa shape index (κ3) is 2.59. The fraction of sp³-hybridized carbons (Fsp3) is 0.917. The summed E-state index contributed by atoms with van der Waals surface area (Å²) in [7, 11) is 1.72. The second kappa shape index (κ2) is 5.05. The molecule has 2 aliphatic carbocycles. The number of carbonyl (C=O) groups excluding carboxylic acids is 1. The van der Waals surface area contributed by atoms with Crippen molar-refractivity contribution in [3.63, 3.8) is 0 Å². The van der Waals surface area contributed by atoms with Gasteiger partial charge in [0.15, 0.2) is 0 Å².